The quantitative estimate of drug-likeness (QED) is 0.895. The third-order valence-electron chi connectivity index (χ3n) is 4.08. The van der Waals surface area contributed by atoms with Gasteiger partial charge in [-0.15, -0.1) is 0 Å². The average Bonchev–Trinajstić information content (AvgIpc) is 2.90. The number of fused-ring (bicyclic) bond motifs is 1. The molecule has 1 saturated heterocycles. The molecule has 1 aliphatic heterocycles. The molecule has 130 valence electrons. The molecule has 2 aromatic rings. The summed E-state index contributed by atoms with van der Waals surface area (Å²) >= 11 is 1.59. The molecule has 3 rings (SSSR count). The second-order valence-corrected chi connectivity index (χ2v) is 8.38. The highest BCUT2D eigenvalue weighted by molar-refractivity contribution is 7.20. The molecule has 0 bridgehead atoms. The first-order valence-corrected chi connectivity index (χ1v) is 9.23. The van der Waals surface area contributed by atoms with Crippen molar-refractivity contribution in [1.29, 1.82) is 0 Å². The fraction of sp³-hybridized carbons (Fsp3) is 0.556. The van der Waals surface area contributed by atoms with Gasteiger partial charge in [0.05, 0.1) is 10.2 Å². The Morgan fingerprint density at radius 2 is 2.04 bits per heavy atom. The van der Waals surface area contributed by atoms with Crippen LogP contribution in [0, 0.1) is 6.92 Å². The molecule has 1 fully saturated rings. The number of piperidine rings is 1. The number of likely N-dealkylation sites (tertiary alicyclic amines) is 1. The Hall–Kier alpha value is -1.82. The third-order valence-corrected chi connectivity index (χ3v) is 4.99. The summed E-state index contributed by atoms with van der Waals surface area (Å²) in [7, 11) is 0. The van der Waals surface area contributed by atoms with Crippen LogP contribution < -0.4 is 10.1 Å². The first-order chi connectivity index (χ1) is 11.3. The van der Waals surface area contributed by atoms with E-state index in [9.17, 15) is 4.79 Å². The minimum absolute atomic E-state index is 0.0107. The number of carbonyl (C=O) groups excluding carboxylic acids is 1. The predicted molar refractivity (Wildman–Crippen MR) is 97.9 cm³/mol. The number of carbonyl (C=O) groups is 1. The second-order valence-electron chi connectivity index (χ2n) is 7.39. The maximum absolute atomic E-state index is 12.2. The highest BCUT2D eigenvalue weighted by Gasteiger charge is 2.26. The molecular weight excluding hydrogens is 322 g/mol. The predicted octanol–water partition coefficient (Wildman–Crippen LogP) is 3.96. The van der Waals surface area contributed by atoms with Crippen LogP contribution >= 0.6 is 11.3 Å². The Morgan fingerprint density at radius 1 is 1.33 bits per heavy atom. The van der Waals surface area contributed by atoms with E-state index < -0.39 is 0 Å². The molecule has 1 aromatic heterocycles. The monoisotopic (exact) mass is 347 g/mol. The van der Waals surface area contributed by atoms with Gasteiger partial charge in [-0.2, -0.15) is 0 Å². The topological polar surface area (TPSA) is 54.5 Å². The molecule has 0 aliphatic carbocycles. The number of urea groups is 1. The number of aryl methyl sites for hydroxylation is 1. The van der Waals surface area contributed by atoms with E-state index in [1.807, 2.05) is 31.7 Å². The highest BCUT2D eigenvalue weighted by Crippen LogP contribution is 2.31. The van der Waals surface area contributed by atoms with Crippen LogP contribution in [-0.4, -0.2) is 40.6 Å². The Balaban J connectivity index is 1.57. The Kier molecular flexibility index (Phi) is 4.67. The Bertz CT molecular complexity index is 727. The number of thiazole rings is 1. The van der Waals surface area contributed by atoms with Gasteiger partial charge in [0, 0.05) is 31.5 Å². The van der Waals surface area contributed by atoms with Gasteiger partial charge in [0.25, 0.3) is 5.19 Å². The minimum atomic E-state index is -0.205. The van der Waals surface area contributed by atoms with Crippen molar-refractivity contribution in [3.63, 3.8) is 0 Å². The summed E-state index contributed by atoms with van der Waals surface area (Å²) in [5, 5.41) is 3.75. The average molecular weight is 347 g/mol. The van der Waals surface area contributed by atoms with E-state index in [0.717, 1.165) is 41.3 Å². The van der Waals surface area contributed by atoms with E-state index in [0.29, 0.717) is 0 Å². The molecular formula is C18H25N3O2S. The molecule has 6 heteroatoms. The van der Waals surface area contributed by atoms with E-state index >= 15 is 0 Å². The molecule has 2 amide bonds. The van der Waals surface area contributed by atoms with E-state index in [4.69, 9.17) is 4.74 Å². The summed E-state index contributed by atoms with van der Waals surface area (Å²) in [6.45, 7) is 9.49. The number of hydrogen-bond acceptors (Lipinski definition) is 4. The number of nitrogens with zero attached hydrogens (tertiary/aromatic N) is 2. The summed E-state index contributed by atoms with van der Waals surface area (Å²) in [6, 6.07) is 6.20. The molecule has 1 aromatic carbocycles. The molecule has 0 spiro atoms. The Labute approximate surface area is 147 Å². The second kappa shape index (κ2) is 6.59. The molecule has 2 heterocycles. The van der Waals surface area contributed by atoms with Crippen molar-refractivity contribution in [3.8, 4) is 5.19 Å². The zero-order chi connectivity index (χ0) is 17.3. The lowest BCUT2D eigenvalue weighted by atomic mass is 10.1. The van der Waals surface area contributed by atoms with Gasteiger partial charge in [0.1, 0.15) is 6.10 Å². The number of para-hydroxylation sites is 1. The van der Waals surface area contributed by atoms with Crippen LogP contribution in [0.2, 0.25) is 0 Å². The number of aromatic nitrogens is 1. The van der Waals surface area contributed by atoms with Crippen LogP contribution in [0.3, 0.4) is 0 Å². The first-order valence-electron chi connectivity index (χ1n) is 8.42. The minimum Gasteiger partial charge on any atom is -0.467 e. The van der Waals surface area contributed by atoms with Gasteiger partial charge in [-0.05, 0) is 39.3 Å². The van der Waals surface area contributed by atoms with E-state index in [1.54, 1.807) is 11.3 Å². The lowest BCUT2D eigenvalue weighted by molar-refractivity contribution is 0.108. The van der Waals surface area contributed by atoms with Crippen molar-refractivity contribution in [1.82, 2.24) is 15.2 Å². The molecule has 0 atom stereocenters. The lowest BCUT2D eigenvalue weighted by Gasteiger charge is -2.33. The largest absolute Gasteiger partial charge is 0.467 e. The molecule has 0 saturated carbocycles. The van der Waals surface area contributed by atoms with E-state index in [1.165, 1.54) is 5.56 Å². The van der Waals surface area contributed by atoms with Crippen LogP contribution in [0.5, 0.6) is 5.19 Å². The molecule has 5 nitrogen and oxygen atoms in total. The number of hydrogen-bond donors (Lipinski definition) is 1. The summed E-state index contributed by atoms with van der Waals surface area (Å²) in [5.41, 5.74) is 2.00. The van der Waals surface area contributed by atoms with Crippen LogP contribution in [0.15, 0.2) is 18.2 Å². The summed E-state index contributed by atoms with van der Waals surface area (Å²) in [4.78, 5) is 18.7. The number of ether oxygens (including phenoxy) is 1. The lowest BCUT2D eigenvalue weighted by Crippen LogP contribution is -2.51. The van der Waals surface area contributed by atoms with Gasteiger partial charge in [-0.1, -0.05) is 23.5 Å². The number of rotatable bonds is 2. The maximum Gasteiger partial charge on any atom is 0.317 e. The van der Waals surface area contributed by atoms with Gasteiger partial charge >= 0.3 is 6.03 Å². The van der Waals surface area contributed by atoms with Crippen LogP contribution in [0.4, 0.5) is 4.79 Å². The Morgan fingerprint density at radius 3 is 2.67 bits per heavy atom. The fourth-order valence-corrected chi connectivity index (χ4v) is 3.79. The number of benzene rings is 1. The fourth-order valence-electron chi connectivity index (χ4n) is 2.84. The highest BCUT2D eigenvalue weighted by atomic mass is 32.1. The summed E-state index contributed by atoms with van der Waals surface area (Å²) < 4.78 is 7.23. The molecule has 0 unspecified atom stereocenters. The standard InChI is InChI=1S/C18H25N3O2S/c1-12-6-5-7-14-15(12)19-17(24-14)23-13-8-10-21(11-9-13)16(22)20-18(2,3)4/h5-7,13H,8-11H2,1-4H3,(H,20,22). The summed E-state index contributed by atoms with van der Waals surface area (Å²) in [6.07, 6.45) is 1.81. The van der Waals surface area contributed by atoms with Gasteiger partial charge in [0.15, 0.2) is 0 Å². The van der Waals surface area contributed by atoms with Crippen LogP contribution in [-0.2, 0) is 0 Å². The molecule has 24 heavy (non-hydrogen) atoms. The van der Waals surface area contributed by atoms with Crippen molar-refractivity contribution in [2.45, 2.75) is 52.2 Å². The van der Waals surface area contributed by atoms with Crippen molar-refractivity contribution in [2.75, 3.05) is 13.1 Å². The first kappa shape index (κ1) is 17.0. The van der Waals surface area contributed by atoms with Crippen LogP contribution in [0.25, 0.3) is 10.2 Å². The zero-order valence-corrected chi connectivity index (χ0v) is 15.6. The van der Waals surface area contributed by atoms with Gasteiger partial charge in [0.2, 0.25) is 0 Å². The molecule has 0 radical (unpaired) electrons. The van der Waals surface area contributed by atoms with Crippen molar-refractivity contribution < 1.29 is 9.53 Å². The SMILES string of the molecule is Cc1cccc2sc(OC3CCN(C(=O)NC(C)(C)C)CC3)nc12. The zero-order valence-electron chi connectivity index (χ0n) is 14.8. The summed E-state index contributed by atoms with van der Waals surface area (Å²) in [5.74, 6) is 0. The van der Waals surface area contributed by atoms with E-state index in [2.05, 4.69) is 29.4 Å². The third kappa shape index (κ3) is 3.98. The molecule has 1 N–H and O–H groups in total. The normalized spacial score (nSPS) is 16.4. The number of amides is 2. The van der Waals surface area contributed by atoms with Crippen molar-refractivity contribution in [3.05, 3.63) is 23.8 Å². The molecule has 1 aliphatic rings. The van der Waals surface area contributed by atoms with Gasteiger partial charge < -0.3 is 15.0 Å². The maximum atomic E-state index is 12.2. The van der Waals surface area contributed by atoms with Gasteiger partial charge in [-0.3, -0.25) is 0 Å². The van der Waals surface area contributed by atoms with E-state index in [-0.39, 0.29) is 17.7 Å². The smallest absolute Gasteiger partial charge is 0.317 e. The van der Waals surface area contributed by atoms with Crippen LogP contribution in [0.1, 0.15) is 39.2 Å². The number of nitrogens with one attached hydrogen (secondary N) is 1. The van der Waals surface area contributed by atoms with Crippen molar-refractivity contribution >= 4 is 27.6 Å². The van der Waals surface area contributed by atoms with Crippen molar-refractivity contribution in [2.24, 2.45) is 0 Å². The van der Waals surface area contributed by atoms with Gasteiger partial charge in [-0.25, -0.2) is 9.78 Å².